The summed E-state index contributed by atoms with van der Waals surface area (Å²) in [5, 5.41) is 0.938. The fourth-order valence-corrected chi connectivity index (χ4v) is 6.18. The summed E-state index contributed by atoms with van der Waals surface area (Å²) in [4.78, 5) is 14.1. The Bertz CT molecular complexity index is 1180. The normalized spacial score (nSPS) is 22.1. The number of nitrogens with one attached hydrogen (secondary N) is 1. The Morgan fingerprint density at radius 1 is 0.943 bits per heavy atom. The Morgan fingerprint density at radius 2 is 1.63 bits per heavy atom. The number of halogens is 4. The van der Waals surface area contributed by atoms with Gasteiger partial charge in [0.25, 0.3) is 10.0 Å². The highest BCUT2D eigenvalue weighted by Crippen LogP contribution is 2.32. The van der Waals surface area contributed by atoms with Crippen LogP contribution in [0.2, 0.25) is 10.0 Å². The summed E-state index contributed by atoms with van der Waals surface area (Å²) in [5.41, 5.74) is 0. The summed E-state index contributed by atoms with van der Waals surface area (Å²) in [5.74, 6) is -2.49. The Hall–Kier alpha value is -1.94. The zero-order valence-corrected chi connectivity index (χ0v) is 21.2. The molecule has 1 N–H and O–H groups in total. The fraction of sp³-hybridized carbons (Fsp3) is 0.458. The molecule has 0 aromatic heterocycles. The van der Waals surface area contributed by atoms with Crippen LogP contribution in [-0.4, -0.2) is 44.5 Å². The Morgan fingerprint density at radius 3 is 2.29 bits per heavy atom. The van der Waals surface area contributed by atoms with E-state index in [1.807, 2.05) is 4.72 Å². The van der Waals surface area contributed by atoms with Gasteiger partial charge in [0.15, 0.2) is 0 Å². The van der Waals surface area contributed by atoms with Crippen LogP contribution in [0.15, 0.2) is 41.3 Å². The van der Waals surface area contributed by atoms with Crippen molar-refractivity contribution in [3.05, 3.63) is 58.1 Å². The lowest BCUT2D eigenvalue weighted by atomic mass is 9.84. The van der Waals surface area contributed by atoms with Gasteiger partial charge in [-0.3, -0.25) is 4.79 Å². The van der Waals surface area contributed by atoms with Crippen molar-refractivity contribution in [3.63, 3.8) is 0 Å². The van der Waals surface area contributed by atoms with Crippen LogP contribution in [0.4, 0.5) is 8.78 Å². The number of rotatable bonds is 6. The number of ether oxygens (including phenoxy) is 1. The van der Waals surface area contributed by atoms with E-state index in [-0.39, 0.29) is 6.10 Å². The van der Waals surface area contributed by atoms with E-state index in [4.69, 9.17) is 27.9 Å². The topological polar surface area (TPSA) is 75.7 Å². The van der Waals surface area contributed by atoms with Gasteiger partial charge in [-0.25, -0.2) is 21.9 Å². The van der Waals surface area contributed by atoms with Crippen molar-refractivity contribution in [1.29, 1.82) is 0 Å². The molecule has 35 heavy (non-hydrogen) atoms. The van der Waals surface area contributed by atoms with E-state index in [0.717, 1.165) is 50.9 Å². The molecule has 1 aliphatic carbocycles. The van der Waals surface area contributed by atoms with Gasteiger partial charge in [0.2, 0.25) is 5.91 Å². The van der Waals surface area contributed by atoms with Crippen molar-refractivity contribution in [1.82, 2.24) is 9.62 Å². The van der Waals surface area contributed by atoms with Crippen molar-refractivity contribution in [3.8, 4) is 5.75 Å². The van der Waals surface area contributed by atoms with Gasteiger partial charge < -0.3 is 9.64 Å². The van der Waals surface area contributed by atoms with Gasteiger partial charge >= 0.3 is 0 Å². The molecule has 1 saturated heterocycles. The molecular formula is C24H26Cl2F2N2O4S. The maximum absolute atomic E-state index is 13.9. The molecule has 1 amide bonds. The molecule has 0 bridgehead atoms. The first-order valence-electron chi connectivity index (χ1n) is 11.5. The minimum absolute atomic E-state index is 0.0824. The summed E-state index contributed by atoms with van der Waals surface area (Å²) in [6, 6.07) is 7.64. The molecule has 0 unspecified atom stereocenters. The van der Waals surface area contributed by atoms with Crippen LogP contribution in [0.1, 0.15) is 38.5 Å². The number of hydrogen-bond donors (Lipinski definition) is 1. The average Bonchev–Trinajstić information content (AvgIpc) is 2.83. The van der Waals surface area contributed by atoms with Gasteiger partial charge in [0.05, 0.1) is 10.0 Å². The molecular weight excluding hydrogens is 521 g/mol. The fourth-order valence-electron chi connectivity index (χ4n) is 4.76. The molecule has 4 rings (SSSR count). The van der Waals surface area contributed by atoms with Crippen molar-refractivity contribution in [2.45, 2.75) is 55.6 Å². The second kappa shape index (κ2) is 11.0. The number of likely N-dealkylation sites (tertiary alicyclic amines) is 1. The van der Waals surface area contributed by atoms with Gasteiger partial charge in [-0.15, -0.1) is 0 Å². The van der Waals surface area contributed by atoms with Crippen molar-refractivity contribution >= 4 is 39.1 Å². The predicted octanol–water partition coefficient (Wildman–Crippen LogP) is 5.18. The third-order valence-corrected chi connectivity index (χ3v) is 8.77. The highest BCUT2D eigenvalue weighted by molar-refractivity contribution is 7.90. The zero-order chi connectivity index (χ0) is 25.2. The number of carbonyl (C=O) groups excluding carboxylic acids is 1. The standard InChI is InChI=1S/C24H26Cl2F2N2O4S/c25-20-7-6-19(14-21(20)26)34-18-9-11-30(12-10-18)17-4-1-15(2-5-17)24(31)29-35(32,33)23-13-16(27)3-8-22(23)28/h3,6-8,13-15,17-18H,1-2,4-5,9-12H2,(H,29,31). The lowest BCUT2D eigenvalue weighted by Crippen LogP contribution is -2.46. The monoisotopic (exact) mass is 546 g/mol. The number of amides is 1. The maximum Gasteiger partial charge on any atom is 0.267 e. The number of benzene rings is 2. The summed E-state index contributed by atoms with van der Waals surface area (Å²) < 4.78 is 60.0. The number of hydrogen-bond acceptors (Lipinski definition) is 5. The summed E-state index contributed by atoms with van der Waals surface area (Å²) in [7, 11) is -4.49. The molecule has 190 valence electrons. The molecule has 2 aromatic rings. The second-order valence-electron chi connectivity index (χ2n) is 8.98. The van der Waals surface area contributed by atoms with E-state index < -0.39 is 38.4 Å². The van der Waals surface area contributed by atoms with Gasteiger partial charge in [-0.2, -0.15) is 0 Å². The molecule has 0 atom stereocenters. The lowest BCUT2D eigenvalue weighted by Gasteiger charge is -2.40. The predicted molar refractivity (Wildman–Crippen MR) is 129 cm³/mol. The van der Waals surface area contributed by atoms with E-state index in [1.165, 1.54) is 0 Å². The van der Waals surface area contributed by atoms with Gasteiger partial charge in [0, 0.05) is 31.1 Å². The summed E-state index contributed by atoms with van der Waals surface area (Å²) >= 11 is 12.0. The first-order valence-corrected chi connectivity index (χ1v) is 13.7. The largest absolute Gasteiger partial charge is 0.490 e. The molecule has 6 nitrogen and oxygen atoms in total. The van der Waals surface area contributed by atoms with Crippen molar-refractivity contribution < 1.29 is 26.7 Å². The molecule has 1 aliphatic heterocycles. The van der Waals surface area contributed by atoms with E-state index in [2.05, 4.69) is 4.90 Å². The van der Waals surface area contributed by atoms with Gasteiger partial charge in [-0.05, 0) is 68.9 Å². The van der Waals surface area contributed by atoms with Gasteiger partial charge in [0.1, 0.15) is 28.4 Å². The SMILES string of the molecule is O=C(NS(=O)(=O)c1cc(F)ccc1F)C1CCC(N2CCC(Oc3ccc(Cl)c(Cl)c3)CC2)CC1. The van der Waals surface area contributed by atoms with Crippen molar-refractivity contribution in [2.24, 2.45) is 5.92 Å². The number of nitrogens with zero attached hydrogens (tertiary/aromatic N) is 1. The van der Waals surface area contributed by atoms with E-state index in [9.17, 15) is 22.0 Å². The quantitative estimate of drug-likeness (QED) is 0.540. The number of piperidine rings is 1. The third-order valence-electron chi connectivity index (χ3n) is 6.67. The number of sulfonamides is 1. The highest BCUT2D eigenvalue weighted by Gasteiger charge is 2.34. The van der Waals surface area contributed by atoms with Crippen LogP contribution in [0.5, 0.6) is 5.75 Å². The average molecular weight is 547 g/mol. The van der Waals surface area contributed by atoms with E-state index in [0.29, 0.717) is 40.7 Å². The van der Waals surface area contributed by atoms with Crippen LogP contribution in [0, 0.1) is 17.6 Å². The van der Waals surface area contributed by atoms with Crippen LogP contribution < -0.4 is 9.46 Å². The van der Waals surface area contributed by atoms with Crippen LogP contribution >= 0.6 is 23.2 Å². The molecule has 2 fully saturated rings. The minimum atomic E-state index is -4.49. The Kier molecular flexibility index (Phi) is 8.20. The smallest absolute Gasteiger partial charge is 0.267 e. The zero-order valence-electron chi connectivity index (χ0n) is 18.9. The molecule has 1 heterocycles. The van der Waals surface area contributed by atoms with E-state index >= 15 is 0 Å². The van der Waals surface area contributed by atoms with Crippen molar-refractivity contribution in [2.75, 3.05) is 13.1 Å². The first kappa shape index (κ1) is 26.1. The maximum atomic E-state index is 13.9. The first-order chi connectivity index (χ1) is 16.6. The molecule has 2 aromatic carbocycles. The number of carbonyl (C=O) groups is 1. The third kappa shape index (κ3) is 6.44. The highest BCUT2D eigenvalue weighted by atomic mass is 35.5. The van der Waals surface area contributed by atoms with Gasteiger partial charge in [-0.1, -0.05) is 23.2 Å². The Balaban J connectivity index is 1.25. The van der Waals surface area contributed by atoms with Crippen LogP contribution in [0.3, 0.4) is 0 Å². The summed E-state index contributed by atoms with van der Waals surface area (Å²) in [6.45, 7) is 1.72. The summed E-state index contributed by atoms with van der Waals surface area (Å²) in [6.07, 6.45) is 4.36. The molecule has 0 radical (unpaired) electrons. The second-order valence-corrected chi connectivity index (χ2v) is 11.4. The Labute approximate surface area is 213 Å². The molecule has 1 saturated carbocycles. The molecule has 2 aliphatic rings. The molecule has 0 spiro atoms. The lowest BCUT2D eigenvalue weighted by molar-refractivity contribution is -0.124. The van der Waals surface area contributed by atoms with Crippen LogP contribution in [-0.2, 0) is 14.8 Å². The van der Waals surface area contributed by atoms with E-state index in [1.54, 1.807) is 18.2 Å². The molecule has 11 heteroatoms. The minimum Gasteiger partial charge on any atom is -0.490 e. The van der Waals surface area contributed by atoms with Crippen LogP contribution in [0.25, 0.3) is 0 Å².